The number of benzene rings is 1. The number of amides is 1. The Bertz CT molecular complexity index is 760. The molecule has 7 nitrogen and oxygen atoms in total. The fourth-order valence-electron chi connectivity index (χ4n) is 3.29. The number of hydrogen-bond donors (Lipinski definition) is 1. The zero-order chi connectivity index (χ0) is 18.6. The van der Waals surface area contributed by atoms with E-state index in [2.05, 4.69) is 12.2 Å². The predicted molar refractivity (Wildman–Crippen MR) is 94.9 cm³/mol. The SMILES string of the molecule is Cc1c(CS(=O)(=O)CC(=O)N[C@@H]2CCCC[C@H]2C)cccc1[N+](=O)[O-]. The van der Waals surface area contributed by atoms with Gasteiger partial charge in [0.2, 0.25) is 5.91 Å². The molecular formula is C17H24N2O5S. The number of carbonyl (C=O) groups is 1. The molecule has 8 heteroatoms. The van der Waals surface area contributed by atoms with Gasteiger partial charge in [0, 0.05) is 17.7 Å². The molecule has 1 aromatic rings. The second-order valence-electron chi connectivity index (χ2n) is 6.79. The van der Waals surface area contributed by atoms with Crippen molar-refractivity contribution < 1.29 is 18.1 Å². The van der Waals surface area contributed by atoms with Crippen molar-refractivity contribution in [2.75, 3.05) is 5.75 Å². The third kappa shape index (κ3) is 5.26. The van der Waals surface area contributed by atoms with E-state index in [1.807, 2.05) is 0 Å². The van der Waals surface area contributed by atoms with Crippen LogP contribution in [0.5, 0.6) is 0 Å². The first-order chi connectivity index (χ1) is 11.7. The van der Waals surface area contributed by atoms with Crippen molar-refractivity contribution in [3.63, 3.8) is 0 Å². The Morgan fingerprint density at radius 2 is 2.00 bits per heavy atom. The van der Waals surface area contributed by atoms with Crippen molar-refractivity contribution in [3.8, 4) is 0 Å². The van der Waals surface area contributed by atoms with Crippen LogP contribution in [0.4, 0.5) is 5.69 Å². The Labute approximate surface area is 147 Å². The zero-order valence-electron chi connectivity index (χ0n) is 14.5. The molecule has 1 amide bonds. The highest BCUT2D eigenvalue weighted by Gasteiger charge is 2.26. The Balaban J connectivity index is 2.03. The van der Waals surface area contributed by atoms with Crippen molar-refractivity contribution in [2.45, 2.75) is 51.3 Å². The minimum Gasteiger partial charge on any atom is -0.352 e. The Kier molecular flexibility index (Phi) is 6.16. The summed E-state index contributed by atoms with van der Waals surface area (Å²) >= 11 is 0. The highest BCUT2D eigenvalue weighted by molar-refractivity contribution is 7.91. The smallest absolute Gasteiger partial charge is 0.272 e. The predicted octanol–water partition coefficient (Wildman–Crippen LogP) is 2.51. The normalized spacial score (nSPS) is 20.9. The van der Waals surface area contributed by atoms with Gasteiger partial charge in [0.15, 0.2) is 9.84 Å². The molecule has 25 heavy (non-hydrogen) atoms. The maximum Gasteiger partial charge on any atom is 0.272 e. The van der Waals surface area contributed by atoms with Gasteiger partial charge in [-0.15, -0.1) is 0 Å². The lowest BCUT2D eigenvalue weighted by Gasteiger charge is -2.29. The van der Waals surface area contributed by atoms with E-state index in [4.69, 9.17) is 0 Å². The first kappa shape index (κ1) is 19.4. The first-order valence-corrected chi connectivity index (χ1v) is 10.2. The van der Waals surface area contributed by atoms with Gasteiger partial charge in [-0.1, -0.05) is 31.9 Å². The number of sulfone groups is 1. The standard InChI is InChI=1S/C17H24N2O5S/c1-12-6-3-4-8-15(12)18-17(20)11-25(23,24)10-14-7-5-9-16(13(14)2)19(21)22/h5,7,9,12,15H,3-4,6,8,10-11H2,1-2H3,(H,18,20)/t12-,15-/m1/s1. The van der Waals surface area contributed by atoms with Crippen LogP contribution in [-0.4, -0.2) is 31.0 Å². The molecule has 0 heterocycles. The van der Waals surface area contributed by atoms with Crippen LogP contribution in [0.15, 0.2) is 18.2 Å². The van der Waals surface area contributed by atoms with E-state index in [0.717, 1.165) is 25.7 Å². The Morgan fingerprint density at radius 1 is 1.32 bits per heavy atom. The van der Waals surface area contributed by atoms with E-state index >= 15 is 0 Å². The molecule has 0 unspecified atom stereocenters. The molecule has 0 saturated heterocycles. The average molecular weight is 368 g/mol. The number of nitro groups is 1. The summed E-state index contributed by atoms with van der Waals surface area (Å²) in [5.74, 6) is -1.13. The lowest BCUT2D eigenvalue weighted by molar-refractivity contribution is -0.385. The van der Waals surface area contributed by atoms with Crippen LogP contribution in [0.25, 0.3) is 0 Å². The first-order valence-electron chi connectivity index (χ1n) is 8.42. The molecular weight excluding hydrogens is 344 g/mol. The number of nitro benzene ring substituents is 1. The molecule has 0 aromatic heterocycles. The molecule has 0 bridgehead atoms. The van der Waals surface area contributed by atoms with Gasteiger partial charge in [-0.05, 0) is 31.2 Å². The van der Waals surface area contributed by atoms with Crippen molar-refractivity contribution in [1.82, 2.24) is 5.32 Å². The lowest BCUT2D eigenvalue weighted by atomic mass is 9.86. The van der Waals surface area contributed by atoms with Crippen LogP contribution < -0.4 is 5.32 Å². The van der Waals surface area contributed by atoms with Gasteiger partial charge in [-0.25, -0.2) is 8.42 Å². The highest BCUT2D eigenvalue weighted by Crippen LogP contribution is 2.24. The fraction of sp³-hybridized carbons (Fsp3) is 0.588. The second-order valence-corrected chi connectivity index (χ2v) is 8.85. The van der Waals surface area contributed by atoms with E-state index in [0.29, 0.717) is 17.0 Å². The van der Waals surface area contributed by atoms with Crippen molar-refractivity contribution in [1.29, 1.82) is 0 Å². The topological polar surface area (TPSA) is 106 Å². The van der Waals surface area contributed by atoms with Gasteiger partial charge in [-0.3, -0.25) is 14.9 Å². The summed E-state index contributed by atoms with van der Waals surface area (Å²) in [7, 11) is -3.70. The van der Waals surface area contributed by atoms with E-state index in [1.165, 1.54) is 19.1 Å². The van der Waals surface area contributed by atoms with Crippen LogP contribution in [0.1, 0.15) is 43.7 Å². The van der Waals surface area contributed by atoms with Crippen molar-refractivity contribution >= 4 is 21.4 Å². The molecule has 1 N–H and O–H groups in total. The van der Waals surface area contributed by atoms with Gasteiger partial charge in [-0.2, -0.15) is 0 Å². The quantitative estimate of drug-likeness (QED) is 0.613. The minimum absolute atomic E-state index is 0.0241. The second kappa shape index (κ2) is 7.95. The maximum absolute atomic E-state index is 12.3. The lowest BCUT2D eigenvalue weighted by Crippen LogP contribution is -2.43. The van der Waals surface area contributed by atoms with Crippen LogP contribution in [0.3, 0.4) is 0 Å². The summed E-state index contributed by atoms with van der Waals surface area (Å²) in [5.41, 5.74) is 0.554. The molecule has 1 aliphatic rings. The Morgan fingerprint density at radius 3 is 2.64 bits per heavy atom. The number of carbonyl (C=O) groups excluding carboxylic acids is 1. The van der Waals surface area contributed by atoms with Gasteiger partial charge >= 0.3 is 0 Å². The summed E-state index contributed by atoms with van der Waals surface area (Å²) in [6.07, 6.45) is 4.08. The molecule has 1 aromatic carbocycles. The third-order valence-corrected chi connectivity index (χ3v) is 6.25. The number of hydrogen-bond acceptors (Lipinski definition) is 5. The van der Waals surface area contributed by atoms with E-state index in [-0.39, 0.29) is 17.5 Å². The van der Waals surface area contributed by atoms with E-state index < -0.39 is 26.4 Å². The van der Waals surface area contributed by atoms with E-state index in [1.54, 1.807) is 6.07 Å². The molecule has 1 saturated carbocycles. The average Bonchev–Trinajstić information content (AvgIpc) is 2.50. The van der Waals surface area contributed by atoms with Crippen LogP contribution in [0.2, 0.25) is 0 Å². The van der Waals surface area contributed by atoms with Crippen molar-refractivity contribution in [2.24, 2.45) is 5.92 Å². The number of rotatable bonds is 6. The van der Waals surface area contributed by atoms with Gasteiger partial charge in [0.25, 0.3) is 5.69 Å². The van der Waals surface area contributed by atoms with Crippen LogP contribution in [0, 0.1) is 23.0 Å². The minimum atomic E-state index is -3.70. The van der Waals surface area contributed by atoms with E-state index in [9.17, 15) is 23.3 Å². The van der Waals surface area contributed by atoms with Gasteiger partial charge in [0.05, 0.1) is 10.7 Å². The molecule has 0 aliphatic heterocycles. The summed E-state index contributed by atoms with van der Waals surface area (Å²) < 4.78 is 24.7. The number of nitrogens with zero attached hydrogens (tertiary/aromatic N) is 1. The molecule has 0 radical (unpaired) electrons. The summed E-state index contributed by atoms with van der Waals surface area (Å²) in [4.78, 5) is 22.5. The fourth-order valence-corrected chi connectivity index (χ4v) is 4.66. The molecule has 1 aliphatic carbocycles. The van der Waals surface area contributed by atoms with Crippen LogP contribution in [-0.2, 0) is 20.4 Å². The molecule has 1 fully saturated rings. The summed E-state index contributed by atoms with van der Waals surface area (Å²) in [6, 6.07) is 4.36. The molecule has 138 valence electrons. The summed E-state index contributed by atoms with van der Waals surface area (Å²) in [6.45, 7) is 3.58. The summed E-state index contributed by atoms with van der Waals surface area (Å²) in [5, 5.41) is 13.8. The van der Waals surface area contributed by atoms with Crippen LogP contribution >= 0.6 is 0 Å². The molecule has 2 rings (SSSR count). The zero-order valence-corrected chi connectivity index (χ0v) is 15.3. The monoisotopic (exact) mass is 368 g/mol. The van der Waals surface area contributed by atoms with Crippen molar-refractivity contribution in [3.05, 3.63) is 39.4 Å². The largest absolute Gasteiger partial charge is 0.352 e. The molecule has 2 atom stereocenters. The molecule has 0 spiro atoms. The third-order valence-electron chi connectivity index (χ3n) is 4.80. The van der Waals surface area contributed by atoms with Gasteiger partial charge in [0.1, 0.15) is 5.75 Å². The maximum atomic E-state index is 12.3. The highest BCUT2D eigenvalue weighted by atomic mass is 32.2. The number of nitrogens with one attached hydrogen (secondary N) is 1. The Hall–Kier alpha value is -1.96. The van der Waals surface area contributed by atoms with Gasteiger partial charge < -0.3 is 5.32 Å².